The number of aromatic carboxylic acids is 1. The van der Waals surface area contributed by atoms with Crippen molar-refractivity contribution < 1.29 is 9.90 Å². The van der Waals surface area contributed by atoms with E-state index in [4.69, 9.17) is 0 Å². The molecule has 0 spiro atoms. The molecule has 1 atom stereocenters. The van der Waals surface area contributed by atoms with Crippen LogP contribution in [-0.2, 0) is 0 Å². The van der Waals surface area contributed by atoms with Crippen LogP contribution in [0.3, 0.4) is 0 Å². The first-order valence-corrected chi connectivity index (χ1v) is 7.61. The molecule has 1 unspecified atom stereocenters. The number of anilines is 1. The summed E-state index contributed by atoms with van der Waals surface area (Å²) in [7, 11) is 0. The minimum Gasteiger partial charge on any atom is -0.478 e. The average molecular weight is 277 g/mol. The van der Waals surface area contributed by atoms with Gasteiger partial charge in [0.2, 0.25) is 0 Å². The molecule has 0 fully saturated rings. The maximum Gasteiger partial charge on any atom is 0.338 e. The summed E-state index contributed by atoms with van der Waals surface area (Å²) in [5.41, 5.74) is 1.15. The van der Waals surface area contributed by atoms with Crippen molar-refractivity contribution in [2.45, 2.75) is 37.1 Å². The van der Waals surface area contributed by atoms with Crippen LogP contribution in [0.5, 0.6) is 0 Å². The van der Waals surface area contributed by atoms with Crippen LogP contribution in [0.4, 0.5) is 5.69 Å². The van der Waals surface area contributed by atoms with Crippen LogP contribution in [-0.4, -0.2) is 22.9 Å². The molecular weight excluding hydrogens is 258 g/mol. The minimum absolute atomic E-state index is 0.338. The largest absolute Gasteiger partial charge is 0.478 e. The van der Waals surface area contributed by atoms with E-state index in [1.54, 1.807) is 11.8 Å². The molecule has 2 rings (SSSR count). The molecule has 0 saturated heterocycles. The van der Waals surface area contributed by atoms with E-state index in [0.29, 0.717) is 11.6 Å². The number of benzene rings is 1. The smallest absolute Gasteiger partial charge is 0.338 e. The number of nitrogens with one attached hydrogen (secondary N) is 1. The summed E-state index contributed by atoms with van der Waals surface area (Å²) < 4.78 is 0. The fourth-order valence-corrected chi connectivity index (χ4v) is 3.12. The third kappa shape index (κ3) is 3.53. The molecule has 0 bridgehead atoms. The standard InChI is InChI=1S/C15H19NO2S/c1-2-19-13-10-6-9-12(14(13)15(17)18)16-11-7-4-3-5-8-11/h3-4,6,9-11,16H,2,5,7-8H2,1H3,(H,17,18). The van der Waals surface area contributed by atoms with Gasteiger partial charge >= 0.3 is 5.97 Å². The van der Waals surface area contributed by atoms with Crippen molar-refractivity contribution in [1.82, 2.24) is 0 Å². The average Bonchev–Trinajstić information content (AvgIpc) is 2.40. The third-order valence-electron chi connectivity index (χ3n) is 3.17. The lowest BCUT2D eigenvalue weighted by atomic mass is 10.0. The van der Waals surface area contributed by atoms with Gasteiger partial charge in [-0.3, -0.25) is 0 Å². The van der Waals surface area contributed by atoms with E-state index >= 15 is 0 Å². The summed E-state index contributed by atoms with van der Waals surface area (Å²) in [4.78, 5) is 12.3. The molecule has 4 heteroatoms. The van der Waals surface area contributed by atoms with Gasteiger partial charge in [0.1, 0.15) is 0 Å². The lowest BCUT2D eigenvalue weighted by molar-refractivity contribution is 0.0694. The van der Waals surface area contributed by atoms with Gasteiger partial charge in [-0.15, -0.1) is 11.8 Å². The molecule has 1 aromatic carbocycles. The van der Waals surface area contributed by atoms with Crippen LogP contribution in [0.2, 0.25) is 0 Å². The number of thioether (sulfide) groups is 1. The van der Waals surface area contributed by atoms with Crippen molar-refractivity contribution in [2.24, 2.45) is 0 Å². The highest BCUT2D eigenvalue weighted by Gasteiger charge is 2.18. The Kier molecular flexibility index (Phi) is 4.91. The van der Waals surface area contributed by atoms with Crippen molar-refractivity contribution in [1.29, 1.82) is 0 Å². The second-order valence-electron chi connectivity index (χ2n) is 4.54. The quantitative estimate of drug-likeness (QED) is 0.630. The zero-order chi connectivity index (χ0) is 13.7. The zero-order valence-electron chi connectivity index (χ0n) is 11.1. The molecule has 3 nitrogen and oxygen atoms in total. The number of allylic oxidation sites excluding steroid dienone is 1. The summed E-state index contributed by atoms with van der Waals surface area (Å²) in [6, 6.07) is 6.00. The maximum absolute atomic E-state index is 11.5. The van der Waals surface area contributed by atoms with Gasteiger partial charge in [-0.2, -0.15) is 0 Å². The maximum atomic E-state index is 11.5. The minimum atomic E-state index is -0.856. The molecule has 2 N–H and O–H groups in total. The van der Waals surface area contributed by atoms with Gasteiger partial charge in [-0.1, -0.05) is 25.1 Å². The molecule has 102 valence electrons. The zero-order valence-corrected chi connectivity index (χ0v) is 11.9. The van der Waals surface area contributed by atoms with Crippen molar-refractivity contribution in [3.05, 3.63) is 35.9 Å². The molecule has 0 amide bonds. The second-order valence-corrected chi connectivity index (χ2v) is 5.85. The number of hydrogen-bond acceptors (Lipinski definition) is 3. The van der Waals surface area contributed by atoms with Gasteiger partial charge in [-0.05, 0) is 37.1 Å². The van der Waals surface area contributed by atoms with E-state index in [2.05, 4.69) is 17.5 Å². The van der Waals surface area contributed by atoms with Crippen molar-refractivity contribution >= 4 is 23.4 Å². The van der Waals surface area contributed by atoms with E-state index < -0.39 is 5.97 Å². The predicted octanol–water partition coefficient (Wildman–Crippen LogP) is 4.02. The molecule has 0 saturated carbocycles. The lowest BCUT2D eigenvalue weighted by Crippen LogP contribution is -2.22. The van der Waals surface area contributed by atoms with Crippen LogP contribution in [0.1, 0.15) is 36.5 Å². The van der Waals surface area contributed by atoms with Crippen molar-refractivity contribution in [2.75, 3.05) is 11.1 Å². The Morgan fingerprint density at radius 2 is 2.32 bits per heavy atom. The van der Waals surface area contributed by atoms with E-state index in [1.807, 2.05) is 25.1 Å². The van der Waals surface area contributed by atoms with Gasteiger partial charge in [-0.25, -0.2) is 4.79 Å². The second kappa shape index (κ2) is 6.66. The van der Waals surface area contributed by atoms with Gasteiger partial charge in [0.05, 0.1) is 11.3 Å². The summed E-state index contributed by atoms with van der Waals surface area (Å²) in [6.45, 7) is 2.03. The van der Waals surface area contributed by atoms with Crippen molar-refractivity contribution in [3.8, 4) is 0 Å². The topological polar surface area (TPSA) is 49.3 Å². The predicted molar refractivity (Wildman–Crippen MR) is 80.2 cm³/mol. The van der Waals surface area contributed by atoms with Crippen molar-refractivity contribution in [3.63, 3.8) is 0 Å². The van der Waals surface area contributed by atoms with E-state index in [-0.39, 0.29) is 0 Å². The Morgan fingerprint density at radius 3 is 2.95 bits per heavy atom. The van der Waals surface area contributed by atoms with Gasteiger partial charge in [0, 0.05) is 10.9 Å². The van der Waals surface area contributed by atoms with Gasteiger partial charge < -0.3 is 10.4 Å². The highest BCUT2D eigenvalue weighted by atomic mass is 32.2. The Hall–Kier alpha value is -1.42. The summed E-state index contributed by atoms with van der Waals surface area (Å²) in [5, 5.41) is 12.8. The molecule has 0 radical (unpaired) electrons. The molecule has 0 aromatic heterocycles. The third-order valence-corrected chi connectivity index (χ3v) is 4.11. The number of carbonyl (C=O) groups is 1. The lowest BCUT2D eigenvalue weighted by Gasteiger charge is -2.22. The normalized spacial score (nSPS) is 18.3. The Balaban J connectivity index is 2.25. The van der Waals surface area contributed by atoms with Crippen LogP contribution in [0, 0.1) is 0 Å². The summed E-state index contributed by atoms with van der Waals surface area (Å²) in [6.07, 6.45) is 7.42. The van der Waals surface area contributed by atoms with E-state index in [0.717, 1.165) is 35.6 Å². The Bertz CT molecular complexity index is 485. The first-order chi connectivity index (χ1) is 9.22. The highest BCUT2D eigenvalue weighted by Crippen LogP contribution is 2.30. The molecular formula is C15H19NO2S. The van der Waals surface area contributed by atoms with Gasteiger partial charge in [0.15, 0.2) is 0 Å². The fourth-order valence-electron chi connectivity index (χ4n) is 2.29. The van der Waals surface area contributed by atoms with E-state index in [1.165, 1.54) is 0 Å². The summed E-state index contributed by atoms with van der Waals surface area (Å²) in [5.74, 6) is 0.0148. The van der Waals surface area contributed by atoms with Gasteiger partial charge in [0.25, 0.3) is 0 Å². The van der Waals surface area contributed by atoms with E-state index in [9.17, 15) is 9.90 Å². The Morgan fingerprint density at radius 1 is 1.47 bits per heavy atom. The number of hydrogen-bond donors (Lipinski definition) is 2. The Labute approximate surface area is 118 Å². The molecule has 1 aromatic rings. The van der Waals surface area contributed by atoms with Crippen LogP contribution in [0.15, 0.2) is 35.2 Å². The first-order valence-electron chi connectivity index (χ1n) is 6.63. The van der Waals surface area contributed by atoms with Crippen LogP contribution in [0.25, 0.3) is 0 Å². The van der Waals surface area contributed by atoms with Crippen LogP contribution >= 0.6 is 11.8 Å². The first kappa shape index (κ1) is 14.0. The monoisotopic (exact) mass is 277 g/mol. The number of carboxylic acid groups (broad SMARTS) is 1. The van der Waals surface area contributed by atoms with Crippen LogP contribution < -0.4 is 5.32 Å². The molecule has 0 aliphatic heterocycles. The molecule has 1 aliphatic carbocycles. The number of carboxylic acids is 1. The SMILES string of the molecule is CCSc1cccc(NC2CC=CCC2)c1C(=O)O. The molecule has 1 aliphatic rings. The highest BCUT2D eigenvalue weighted by molar-refractivity contribution is 7.99. The summed E-state index contributed by atoms with van der Waals surface area (Å²) >= 11 is 1.57. The fraction of sp³-hybridized carbons (Fsp3) is 0.400. The number of rotatable bonds is 5. The molecule has 0 heterocycles. The molecule has 19 heavy (non-hydrogen) atoms.